The van der Waals surface area contributed by atoms with E-state index in [0.717, 1.165) is 36.4 Å². The molecular formula is C20H26N6. The molecule has 0 atom stereocenters. The van der Waals surface area contributed by atoms with Gasteiger partial charge in [0, 0.05) is 42.1 Å². The Kier molecular flexibility index (Phi) is 4.84. The van der Waals surface area contributed by atoms with Crippen molar-refractivity contribution >= 4 is 16.9 Å². The number of anilines is 1. The van der Waals surface area contributed by atoms with Crippen molar-refractivity contribution in [2.24, 2.45) is 5.92 Å². The summed E-state index contributed by atoms with van der Waals surface area (Å²) in [6.45, 7) is 7.51. The fourth-order valence-corrected chi connectivity index (χ4v) is 3.64. The number of piperidine rings is 1. The van der Waals surface area contributed by atoms with Gasteiger partial charge in [0.25, 0.3) is 0 Å². The molecule has 4 heterocycles. The molecule has 0 bridgehead atoms. The minimum Gasteiger partial charge on any atom is -0.354 e. The molecule has 1 aliphatic rings. The first kappa shape index (κ1) is 17.0. The van der Waals surface area contributed by atoms with Crippen molar-refractivity contribution in [3.8, 4) is 11.3 Å². The highest BCUT2D eigenvalue weighted by Gasteiger charge is 2.15. The Morgan fingerprint density at radius 3 is 2.88 bits per heavy atom. The lowest BCUT2D eigenvalue weighted by Crippen LogP contribution is -2.31. The van der Waals surface area contributed by atoms with Gasteiger partial charge in [0.2, 0.25) is 5.95 Å². The van der Waals surface area contributed by atoms with E-state index in [1.165, 1.54) is 18.2 Å². The molecule has 6 heteroatoms. The molecule has 0 spiro atoms. The van der Waals surface area contributed by atoms with Gasteiger partial charge in [0.15, 0.2) is 0 Å². The Balaban J connectivity index is 1.61. The van der Waals surface area contributed by atoms with Crippen LogP contribution in [0.15, 0.2) is 36.9 Å². The maximum atomic E-state index is 4.78. The van der Waals surface area contributed by atoms with Crippen LogP contribution >= 0.6 is 0 Å². The number of hydrogen-bond donors (Lipinski definition) is 2. The molecule has 4 rings (SSSR count). The number of aromatic nitrogens is 4. The number of nitrogens with one attached hydrogen (secondary N) is 2. The summed E-state index contributed by atoms with van der Waals surface area (Å²) in [5.74, 6) is 1.40. The molecule has 3 aromatic rings. The Bertz CT molecular complexity index is 879. The molecule has 136 valence electrons. The molecule has 1 saturated heterocycles. The van der Waals surface area contributed by atoms with Gasteiger partial charge in [-0.1, -0.05) is 0 Å². The van der Waals surface area contributed by atoms with Gasteiger partial charge in [-0.15, -0.1) is 0 Å². The third kappa shape index (κ3) is 3.42. The van der Waals surface area contributed by atoms with Crippen LogP contribution < -0.4 is 10.6 Å². The van der Waals surface area contributed by atoms with E-state index < -0.39 is 0 Å². The first-order valence-electron chi connectivity index (χ1n) is 9.45. The minimum atomic E-state index is 0.370. The molecule has 0 saturated carbocycles. The van der Waals surface area contributed by atoms with E-state index >= 15 is 0 Å². The van der Waals surface area contributed by atoms with Crippen LogP contribution in [-0.4, -0.2) is 39.2 Å². The maximum Gasteiger partial charge on any atom is 0.223 e. The zero-order chi connectivity index (χ0) is 17.9. The monoisotopic (exact) mass is 350 g/mol. The van der Waals surface area contributed by atoms with E-state index in [0.29, 0.717) is 17.9 Å². The van der Waals surface area contributed by atoms with Crippen LogP contribution in [0.3, 0.4) is 0 Å². The Morgan fingerprint density at radius 1 is 1.23 bits per heavy atom. The average molecular weight is 350 g/mol. The smallest absolute Gasteiger partial charge is 0.223 e. The van der Waals surface area contributed by atoms with Crippen molar-refractivity contribution in [1.29, 1.82) is 0 Å². The molecule has 6 nitrogen and oxygen atoms in total. The Morgan fingerprint density at radius 2 is 2.08 bits per heavy atom. The van der Waals surface area contributed by atoms with E-state index in [1.807, 2.05) is 24.7 Å². The minimum absolute atomic E-state index is 0.370. The third-order valence-corrected chi connectivity index (χ3v) is 5.13. The van der Waals surface area contributed by atoms with Gasteiger partial charge in [0.05, 0.1) is 17.4 Å². The summed E-state index contributed by atoms with van der Waals surface area (Å²) in [6, 6.07) is 4.42. The summed E-state index contributed by atoms with van der Waals surface area (Å²) in [5.41, 5.74) is 3.21. The van der Waals surface area contributed by atoms with E-state index in [2.05, 4.69) is 51.3 Å². The summed E-state index contributed by atoms with van der Waals surface area (Å²) in [7, 11) is 0. The van der Waals surface area contributed by atoms with Crippen molar-refractivity contribution in [1.82, 2.24) is 24.8 Å². The molecule has 1 aliphatic heterocycles. The van der Waals surface area contributed by atoms with Gasteiger partial charge in [0.1, 0.15) is 0 Å². The zero-order valence-electron chi connectivity index (χ0n) is 15.4. The van der Waals surface area contributed by atoms with Crippen LogP contribution in [0.5, 0.6) is 0 Å². The van der Waals surface area contributed by atoms with Gasteiger partial charge < -0.3 is 15.2 Å². The second-order valence-electron chi connectivity index (χ2n) is 7.28. The van der Waals surface area contributed by atoms with Gasteiger partial charge >= 0.3 is 0 Å². The summed E-state index contributed by atoms with van der Waals surface area (Å²) in [5, 5.41) is 8.02. The van der Waals surface area contributed by atoms with Crippen LogP contribution in [0.2, 0.25) is 0 Å². The average Bonchev–Trinajstić information content (AvgIpc) is 3.07. The largest absolute Gasteiger partial charge is 0.354 e. The highest BCUT2D eigenvalue weighted by atomic mass is 15.1. The number of pyridine rings is 1. The zero-order valence-corrected chi connectivity index (χ0v) is 15.4. The second-order valence-corrected chi connectivity index (χ2v) is 7.28. The van der Waals surface area contributed by atoms with E-state index in [1.54, 1.807) is 0 Å². The fraction of sp³-hybridized carbons (Fsp3) is 0.450. The maximum absolute atomic E-state index is 4.78. The first-order chi connectivity index (χ1) is 12.7. The summed E-state index contributed by atoms with van der Waals surface area (Å²) >= 11 is 0. The quantitative estimate of drug-likeness (QED) is 0.737. The van der Waals surface area contributed by atoms with Crippen LogP contribution in [0, 0.1) is 5.92 Å². The molecule has 2 N–H and O–H groups in total. The lowest BCUT2D eigenvalue weighted by atomic mass is 9.98. The number of rotatable bonds is 5. The van der Waals surface area contributed by atoms with Gasteiger partial charge in [-0.25, -0.2) is 9.97 Å². The second kappa shape index (κ2) is 7.41. The number of hydrogen-bond acceptors (Lipinski definition) is 5. The summed E-state index contributed by atoms with van der Waals surface area (Å²) in [4.78, 5) is 13.5. The normalized spacial score (nSPS) is 15.7. The fourth-order valence-electron chi connectivity index (χ4n) is 3.64. The van der Waals surface area contributed by atoms with Crippen molar-refractivity contribution in [2.75, 3.05) is 25.0 Å². The summed E-state index contributed by atoms with van der Waals surface area (Å²) in [6.07, 6.45) is 10.2. The lowest BCUT2D eigenvalue weighted by Gasteiger charge is -2.22. The van der Waals surface area contributed by atoms with E-state index in [-0.39, 0.29) is 0 Å². The molecule has 0 radical (unpaired) electrons. The molecule has 0 amide bonds. The highest BCUT2D eigenvalue weighted by molar-refractivity contribution is 5.94. The van der Waals surface area contributed by atoms with Gasteiger partial charge in [-0.2, -0.15) is 0 Å². The Labute approximate surface area is 154 Å². The highest BCUT2D eigenvalue weighted by Crippen LogP contribution is 2.31. The van der Waals surface area contributed by atoms with Gasteiger partial charge in [-0.05, 0) is 57.8 Å². The van der Waals surface area contributed by atoms with Crippen LogP contribution in [0.1, 0.15) is 32.7 Å². The molecule has 26 heavy (non-hydrogen) atoms. The molecule has 3 aromatic heterocycles. The van der Waals surface area contributed by atoms with Crippen LogP contribution in [-0.2, 0) is 0 Å². The first-order valence-corrected chi connectivity index (χ1v) is 9.45. The number of nitrogens with zero attached hydrogens (tertiary/aromatic N) is 4. The molecule has 1 fully saturated rings. The SMILES string of the molecule is CC(C)n1cc(-c2ccnc(NCC3CCNCC3)n2)c2ccncc21. The predicted octanol–water partition coefficient (Wildman–Crippen LogP) is 3.49. The van der Waals surface area contributed by atoms with Crippen molar-refractivity contribution < 1.29 is 0 Å². The van der Waals surface area contributed by atoms with Crippen molar-refractivity contribution in [2.45, 2.75) is 32.7 Å². The predicted molar refractivity (Wildman–Crippen MR) is 105 cm³/mol. The third-order valence-electron chi connectivity index (χ3n) is 5.13. The molecule has 0 aromatic carbocycles. The van der Waals surface area contributed by atoms with Gasteiger partial charge in [-0.3, -0.25) is 4.98 Å². The van der Waals surface area contributed by atoms with E-state index in [9.17, 15) is 0 Å². The topological polar surface area (TPSA) is 67.7 Å². The standard InChI is InChI=1S/C20H26N6/c1-14(2)26-13-17(16-5-9-22-12-19(16)26)18-6-10-23-20(25-18)24-11-15-3-7-21-8-4-15/h5-6,9-10,12-15,21H,3-4,7-8,11H2,1-2H3,(H,23,24,25). The molecule has 0 aliphatic carbocycles. The van der Waals surface area contributed by atoms with Crippen molar-refractivity contribution in [3.05, 3.63) is 36.9 Å². The molecule has 0 unspecified atom stereocenters. The van der Waals surface area contributed by atoms with Crippen molar-refractivity contribution in [3.63, 3.8) is 0 Å². The van der Waals surface area contributed by atoms with E-state index in [4.69, 9.17) is 4.98 Å². The Hall–Kier alpha value is -2.47. The van der Waals surface area contributed by atoms with Crippen LogP contribution in [0.25, 0.3) is 22.2 Å². The lowest BCUT2D eigenvalue weighted by molar-refractivity contribution is 0.389. The summed E-state index contributed by atoms with van der Waals surface area (Å²) < 4.78 is 2.25. The van der Waals surface area contributed by atoms with Crippen LogP contribution in [0.4, 0.5) is 5.95 Å². The molecular weight excluding hydrogens is 324 g/mol. The number of fused-ring (bicyclic) bond motifs is 1.